The van der Waals surface area contributed by atoms with Crippen molar-refractivity contribution in [2.24, 2.45) is 0 Å². The Bertz CT molecular complexity index is 767. The molecular formula is C16H24ClN3O2S. The maximum absolute atomic E-state index is 12.6. The van der Waals surface area contributed by atoms with Crippen LogP contribution < -0.4 is 0 Å². The summed E-state index contributed by atoms with van der Waals surface area (Å²) in [5.74, 6) is 1.10. The van der Waals surface area contributed by atoms with E-state index in [9.17, 15) is 8.42 Å². The van der Waals surface area contributed by atoms with Crippen LogP contribution in [0, 0.1) is 0 Å². The summed E-state index contributed by atoms with van der Waals surface area (Å²) in [6.45, 7) is 7.56. The average molecular weight is 358 g/mol. The lowest BCUT2D eigenvalue weighted by atomic mass is 10.3. The predicted octanol–water partition coefficient (Wildman–Crippen LogP) is 3.61. The lowest BCUT2D eigenvalue weighted by molar-refractivity contribution is 0.445. The summed E-state index contributed by atoms with van der Waals surface area (Å²) < 4.78 is 28.8. The van der Waals surface area contributed by atoms with E-state index in [1.807, 2.05) is 19.9 Å². The van der Waals surface area contributed by atoms with Crippen molar-refractivity contribution in [1.29, 1.82) is 0 Å². The van der Waals surface area contributed by atoms with Crippen LogP contribution in [-0.4, -0.2) is 35.4 Å². The molecule has 128 valence electrons. The minimum absolute atomic E-state index is 0.287. The molecule has 1 aromatic heterocycles. The van der Waals surface area contributed by atoms with Crippen LogP contribution in [-0.2, 0) is 22.4 Å². The maximum atomic E-state index is 12.6. The molecule has 5 nitrogen and oxygen atoms in total. The summed E-state index contributed by atoms with van der Waals surface area (Å²) in [5, 5.41) is 0. The molecule has 0 amide bonds. The summed E-state index contributed by atoms with van der Waals surface area (Å²) in [4.78, 5) is 4.80. The zero-order valence-corrected chi connectivity index (χ0v) is 15.5. The molecular weight excluding hydrogens is 334 g/mol. The van der Waals surface area contributed by atoms with Crippen molar-refractivity contribution in [3.63, 3.8) is 0 Å². The Hall–Kier alpha value is -1.11. The number of fused-ring (bicyclic) bond motifs is 1. The Morgan fingerprint density at radius 3 is 2.48 bits per heavy atom. The second-order valence-corrected chi connectivity index (χ2v) is 7.61. The van der Waals surface area contributed by atoms with E-state index in [1.54, 1.807) is 12.1 Å². The summed E-state index contributed by atoms with van der Waals surface area (Å²) >= 11 is 6.00. The van der Waals surface area contributed by atoms with E-state index in [0.29, 0.717) is 24.5 Å². The van der Waals surface area contributed by atoms with Gasteiger partial charge in [0.25, 0.3) is 0 Å². The number of alkyl halides is 1. The molecule has 0 fully saturated rings. The van der Waals surface area contributed by atoms with E-state index in [4.69, 9.17) is 11.6 Å². The van der Waals surface area contributed by atoms with Crippen molar-refractivity contribution >= 4 is 32.7 Å². The Morgan fingerprint density at radius 1 is 1.22 bits per heavy atom. The zero-order valence-electron chi connectivity index (χ0n) is 13.9. The van der Waals surface area contributed by atoms with Gasteiger partial charge in [-0.1, -0.05) is 27.2 Å². The molecule has 0 aliphatic heterocycles. The van der Waals surface area contributed by atoms with Crippen molar-refractivity contribution in [2.45, 2.75) is 50.9 Å². The van der Waals surface area contributed by atoms with Gasteiger partial charge in [0.1, 0.15) is 5.82 Å². The van der Waals surface area contributed by atoms with Gasteiger partial charge >= 0.3 is 0 Å². The van der Waals surface area contributed by atoms with E-state index < -0.39 is 10.0 Å². The molecule has 0 saturated carbocycles. The molecule has 0 saturated heterocycles. The number of aryl methyl sites for hydroxylation is 1. The molecule has 0 radical (unpaired) electrons. The molecule has 0 unspecified atom stereocenters. The third-order valence-electron chi connectivity index (χ3n) is 4.00. The van der Waals surface area contributed by atoms with Crippen molar-refractivity contribution in [3.8, 4) is 0 Å². The molecule has 0 bridgehead atoms. The van der Waals surface area contributed by atoms with Gasteiger partial charge in [-0.2, -0.15) is 4.31 Å². The first-order valence-corrected chi connectivity index (χ1v) is 10.0. The number of aromatic nitrogens is 2. The van der Waals surface area contributed by atoms with Crippen LogP contribution in [0.1, 0.15) is 39.4 Å². The van der Waals surface area contributed by atoms with Crippen molar-refractivity contribution in [2.75, 3.05) is 13.1 Å². The van der Waals surface area contributed by atoms with Gasteiger partial charge in [0.15, 0.2) is 0 Å². The van der Waals surface area contributed by atoms with Gasteiger partial charge < -0.3 is 4.57 Å². The molecule has 0 N–H and O–H groups in total. The second-order valence-electron chi connectivity index (χ2n) is 5.41. The molecule has 7 heteroatoms. The van der Waals surface area contributed by atoms with Crippen LogP contribution >= 0.6 is 11.6 Å². The average Bonchev–Trinajstić information content (AvgIpc) is 2.90. The molecule has 2 rings (SSSR count). The molecule has 1 aromatic carbocycles. The third-order valence-corrected chi connectivity index (χ3v) is 6.28. The Labute approximate surface area is 143 Å². The number of benzene rings is 1. The van der Waals surface area contributed by atoms with Crippen molar-refractivity contribution in [1.82, 2.24) is 13.9 Å². The molecule has 0 aliphatic rings. The molecule has 0 aliphatic carbocycles. The number of hydrogen-bond donors (Lipinski definition) is 0. The van der Waals surface area contributed by atoms with Crippen LogP contribution in [0.4, 0.5) is 0 Å². The summed E-state index contributed by atoms with van der Waals surface area (Å²) in [7, 11) is -3.47. The molecule has 0 spiro atoms. The quantitative estimate of drug-likeness (QED) is 0.678. The monoisotopic (exact) mass is 357 g/mol. The first-order chi connectivity index (χ1) is 11.0. The Morgan fingerprint density at radius 2 is 1.91 bits per heavy atom. The van der Waals surface area contributed by atoms with Gasteiger partial charge in [0.05, 0.1) is 21.8 Å². The number of unbranched alkanes of at least 4 members (excludes halogenated alkanes) is 1. The number of nitrogens with zero attached hydrogens (tertiary/aromatic N) is 3. The lowest BCUT2D eigenvalue weighted by Crippen LogP contribution is -2.30. The first-order valence-electron chi connectivity index (χ1n) is 8.04. The fraction of sp³-hybridized carbons (Fsp3) is 0.562. The van der Waals surface area contributed by atoms with Crippen LogP contribution in [0.2, 0.25) is 0 Å². The highest BCUT2D eigenvalue weighted by molar-refractivity contribution is 7.89. The normalized spacial score (nSPS) is 12.4. The fourth-order valence-electron chi connectivity index (χ4n) is 2.70. The van der Waals surface area contributed by atoms with E-state index in [1.165, 1.54) is 4.31 Å². The first kappa shape index (κ1) is 18.2. The van der Waals surface area contributed by atoms with E-state index >= 15 is 0 Å². The number of hydrogen-bond acceptors (Lipinski definition) is 3. The fourth-order valence-corrected chi connectivity index (χ4v) is 4.38. The molecule has 23 heavy (non-hydrogen) atoms. The molecule has 1 heterocycles. The standard InChI is InChI=1S/C16H24ClN3O2S/c1-4-7-10-20-15-9-8-13(11-14(15)18-16(20)12-17)23(21,22)19(5-2)6-3/h8-9,11H,4-7,10,12H2,1-3H3. The topological polar surface area (TPSA) is 55.2 Å². The summed E-state index contributed by atoms with van der Waals surface area (Å²) in [6.07, 6.45) is 2.12. The lowest BCUT2D eigenvalue weighted by Gasteiger charge is -2.18. The molecule has 2 aromatic rings. The largest absolute Gasteiger partial charge is 0.327 e. The van der Waals surface area contributed by atoms with Crippen LogP contribution in [0.15, 0.2) is 23.1 Å². The van der Waals surface area contributed by atoms with Crippen LogP contribution in [0.25, 0.3) is 11.0 Å². The number of rotatable bonds is 8. The number of halogens is 1. The Kier molecular flexibility index (Phi) is 6.06. The van der Waals surface area contributed by atoms with Crippen molar-refractivity contribution in [3.05, 3.63) is 24.0 Å². The highest BCUT2D eigenvalue weighted by atomic mass is 35.5. The van der Waals surface area contributed by atoms with Crippen LogP contribution in [0.5, 0.6) is 0 Å². The Balaban J connectivity index is 2.51. The van der Waals surface area contributed by atoms with Crippen molar-refractivity contribution < 1.29 is 8.42 Å². The second kappa shape index (κ2) is 7.64. The predicted molar refractivity (Wildman–Crippen MR) is 94.3 cm³/mol. The van der Waals surface area contributed by atoms with E-state index in [-0.39, 0.29) is 4.90 Å². The highest BCUT2D eigenvalue weighted by Gasteiger charge is 2.22. The minimum atomic E-state index is -3.47. The number of sulfonamides is 1. The SMILES string of the molecule is CCCCn1c(CCl)nc2cc(S(=O)(=O)N(CC)CC)ccc21. The van der Waals surface area contributed by atoms with Gasteiger partial charge in [-0.05, 0) is 24.6 Å². The smallest absolute Gasteiger partial charge is 0.243 e. The van der Waals surface area contributed by atoms with Gasteiger partial charge in [-0.3, -0.25) is 0 Å². The third kappa shape index (κ3) is 3.54. The maximum Gasteiger partial charge on any atom is 0.243 e. The summed E-state index contributed by atoms with van der Waals surface area (Å²) in [5.41, 5.74) is 1.62. The van der Waals surface area contributed by atoms with Crippen LogP contribution in [0.3, 0.4) is 0 Å². The van der Waals surface area contributed by atoms with Gasteiger partial charge in [-0.25, -0.2) is 13.4 Å². The summed E-state index contributed by atoms with van der Waals surface area (Å²) in [6, 6.07) is 5.16. The van der Waals surface area contributed by atoms with Gasteiger partial charge in [-0.15, -0.1) is 11.6 Å². The number of imidazole rings is 1. The molecule has 0 atom stereocenters. The van der Waals surface area contributed by atoms with Gasteiger partial charge in [0, 0.05) is 19.6 Å². The highest BCUT2D eigenvalue weighted by Crippen LogP contribution is 2.24. The van der Waals surface area contributed by atoms with Gasteiger partial charge in [0.2, 0.25) is 10.0 Å². The minimum Gasteiger partial charge on any atom is -0.327 e. The zero-order chi connectivity index (χ0) is 17.0. The van der Waals surface area contributed by atoms with E-state index in [0.717, 1.165) is 30.7 Å². The van der Waals surface area contributed by atoms with E-state index in [2.05, 4.69) is 16.5 Å².